The number of ether oxygens (including phenoxy) is 1. The molecule has 2 rings (SSSR count). The first-order valence-electron chi connectivity index (χ1n) is 6.77. The van der Waals surface area contributed by atoms with Crippen LogP contribution >= 0.6 is 11.6 Å². The highest BCUT2D eigenvalue weighted by Crippen LogP contribution is 2.27. The Kier molecular flexibility index (Phi) is 5.70. The number of hydrogen-bond acceptors (Lipinski definition) is 3. The van der Waals surface area contributed by atoms with Gasteiger partial charge >= 0.3 is 0 Å². The second-order valence-corrected chi connectivity index (χ2v) is 5.18. The van der Waals surface area contributed by atoms with E-state index >= 15 is 0 Å². The molecule has 0 atom stereocenters. The number of carbonyl (C=O) groups excluding carboxylic acids is 2. The van der Waals surface area contributed by atoms with Crippen LogP contribution in [0.15, 0.2) is 36.4 Å². The Morgan fingerprint density at radius 2 is 1.71 bits per heavy atom. The number of halogens is 3. The van der Waals surface area contributed by atoms with E-state index in [2.05, 4.69) is 10.6 Å². The van der Waals surface area contributed by atoms with Gasteiger partial charge in [0.05, 0.1) is 18.5 Å². The molecule has 0 bridgehead atoms. The number of anilines is 2. The summed E-state index contributed by atoms with van der Waals surface area (Å²) in [5.41, 5.74) is 0.0882. The molecular formula is C16H13ClF2N2O3. The highest BCUT2D eigenvalue weighted by molar-refractivity contribution is 6.31. The van der Waals surface area contributed by atoms with Crippen LogP contribution in [0.2, 0.25) is 5.02 Å². The van der Waals surface area contributed by atoms with Gasteiger partial charge in [0.15, 0.2) is 0 Å². The fourth-order valence-corrected chi connectivity index (χ4v) is 2.08. The Balaban J connectivity index is 1.99. The van der Waals surface area contributed by atoms with Crippen LogP contribution in [0, 0.1) is 11.6 Å². The Morgan fingerprint density at radius 3 is 2.33 bits per heavy atom. The fourth-order valence-electron chi connectivity index (χ4n) is 1.90. The average Bonchev–Trinajstić information content (AvgIpc) is 2.50. The van der Waals surface area contributed by atoms with Crippen molar-refractivity contribution in [3.8, 4) is 5.75 Å². The maximum atomic E-state index is 13.5. The summed E-state index contributed by atoms with van der Waals surface area (Å²) in [6.45, 7) is 0. The predicted molar refractivity (Wildman–Crippen MR) is 86.2 cm³/mol. The van der Waals surface area contributed by atoms with Crippen LogP contribution in [0.4, 0.5) is 20.2 Å². The van der Waals surface area contributed by atoms with Gasteiger partial charge in [-0.15, -0.1) is 0 Å². The predicted octanol–water partition coefficient (Wildman–Crippen LogP) is 3.59. The van der Waals surface area contributed by atoms with Gasteiger partial charge in [0, 0.05) is 11.1 Å². The fraction of sp³-hybridized carbons (Fsp3) is 0.125. The number of hydrogen-bond donors (Lipinski definition) is 2. The van der Waals surface area contributed by atoms with Gasteiger partial charge in [-0.25, -0.2) is 8.78 Å². The summed E-state index contributed by atoms with van der Waals surface area (Å²) in [5.74, 6) is -2.72. The van der Waals surface area contributed by atoms with Crippen LogP contribution in [-0.2, 0) is 9.59 Å². The first-order chi connectivity index (χ1) is 11.4. The quantitative estimate of drug-likeness (QED) is 0.806. The average molecular weight is 355 g/mol. The molecule has 0 aliphatic carbocycles. The van der Waals surface area contributed by atoms with Crippen LogP contribution in [0.25, 0.3) is 0 Å². The molecule has 2 N–H and O–H groups in total. The lowest BCUT2D eigenvalue weighted by atomic mass is 10.2. The second-order valence-electron chi connectivity index (χ2n) is 4.74. The molecule has 2 aromatic rings. The molecule has 8 heteroatoms. The Bertz CT molecular complexity index is 784. The van der Waals surface area contributed by atoms with Crippen molar-refractivity contribution in [2.45, 2.75) is 6.42 Å². The van der Waals surface area contributed by atoms with Crippen molar-refractivity contribution >= 4 is 34.8 Å². The third-order valence-electron chi connectivity index (χ3n) is 2.96. The van der Waals surface area contributed by atoms with Crippen molar-refractivity contribution in [1.82, 2.24) is 0 Å². The molecular weight excluding hydrogens is 342 g/mol. The molecule has 0 spiro atoms. The maximum absolute atomic E-state index is 13.5. The lowest BCUT2D eigenvalue weighted by Gasteiger charge is -2.11. The van der Waals surface area contributed by atoms with Gasteiger partial charge in [-0.3, -0.25) is 9.59 Å². The number of amides is 2. The monoisotopic (exact) mass is 354 g/mol. The highest BCUT2D eigenvalue weighted by Gasteiger charge is 2.14. The number of benzene rings is 2. The molecule has 2 aromatic carbocycles. The van der Waals surface area contributed by atoms with Crippen LogP contribution < -0.4 is 15.4 Å². The molecule has 0 aliphatic heterocycles. The lowest BCUT2D eigenvalue weighted by molar-refractivity contribution is -0.123. The zero-order chi connectivity index (χ0) is 17.7. The second kappa shape index (κ2) is 7.74. The van der Waals surface area contributed by atoms with E-state index in [9.17, 15) is 18.4 Å². The molecule has 0 saturated heterocycles. The third-order valence-corrected chi connectivity index (χ3v) is 3.20. The van der Waals surface area contributed by atoms with Gasteiger partial charge in [0.1, 0.15) is 23.8 Å². The summed E-state index contributed by atoms with van der Waals surface area (Å²) >= 11 is 5.84. The SMILES string of the molecule is COc1ccc(Cl)cc1NC(=O)CC(=O)Nc1ccc(F)cc1F. The van der Waals surface area contributed by atoms with Crippen molar-refractivity contribution < 1.29 is 23.1 Å². The minimum atomic E-state index is -0.930. The van der Waals surface area contributed by atoms with E-state index in [1.165, 1.54) is 13.2 Å². The summed E-state index contributed by atoms with van der Waals surface area (Å²) in [5, 5.41) is 5.05. The normalized spacial score (nSPS) is 10.2. The van der Waals surface area contributed by atoms with Gasteiger partial charge in [0.25, 0.3) is 0 Å². The Hall–Kier alpha value is -2.67. The molecule has 0 heterocycles. The Morgan fingerprint density at radius 1 is 1.04 bits per heavy atom. The molecule has 0 fully saturated rings. The van der Waals surface area contributed by atoms with E-state index < -0.39 is 29.9 Å². The van der Waals surface area contributed by atoms with Gasteiger partial charge in [-0.1, -0.05) is 11.6 Å². The molecule has 0 saturated carbocycles. The number of rotatable bonds is 5. The van der Waals surface area contributed by atoms with Crippen LogP contribution in [-0.4, -0.2) is 18.9 Å². The van der Waals surface area contributed by atoms with Crippen molar-refractivity contribution in [3.63, 3.8) is 0 Å². The molecule has 0 radical (unpaired) electrons. The molecule has 5 nitrogen and oxygen atoms in total. The van der Waals surface area contributed by atoms with E-state index in [1.807, 2.05) is 0 Å². The van der Waals surface area contributed by atoms with Crippen LogP contribution in [0.5, 0.6) is 5.75 Å². The molecule has 24 heavy (non-hydrogen) atoms. The highest BCUT2D eigenvalue weighted by atomic mass is 35.5. The smallest absolute Gasteiger partial charge is 0.233 e. The number of nitrogens with one attached hydrogen (secondary N) is 2. The maximum Gasteiger partial charge on any atom is 0.233 e. The van der Waals surface area contributed by atoms with Crippen molar-refractivity contribution in [2.75, 3.05) is 17.7 Å². The van der Waals surface area contributed by atoms with Gasteiger partial charge in [-0.05, 0) is 30.3 Å². The zero-order valence-corrected chi connectivity index (χ0v) is 13.3. The van der Waals surface area contributed by atoms with Gasteiger partial charge < -0.3 is 15.4 Å². The molecule has 0 unspecified atom stereocenters. The molecule has 126 valence electrons. The molecule has 0 aliphatic rings. The van der Waals surface area contributed by atoms with Crippen molar-refractivity contribution in [3.05, 3.63) is 53.1 Å². The minimum Gasteiger partial charge on any atom is -0.495 e. The molecule has 0 aromatic heterocycles. The van der Waals surface area contributed by atoms with E-state index in [0.717, 1.165) is 12.1 Å². The third kappa shape index (κ3) is 4.66. The van der Waals surface area contributed by atoms with E-state index in [0.29, 0.717) is 22.5 Å². The molecule has 2 amide bonds. The van der Waals surface area contributed by atoms with Crippen LogP contribution in [0.3, 0.4) is 0 Å². The van der Waals surface area contributed by atoms with Crippen LogP contribution in [0.1, 0.15) is 6.42 Å². The van der Waals surface area contributed by atoms with Crippen molar-refractivity contribution in [2.24, 2.45) is 0 Å². The zero-order valence-electron chi connectivity index (χ0n) is 12.5. The van der Waals surface area contributed by atoms with E-state index in [1.54, 1.807) is 12.1 Å². The lowest BCUT2D eigenvalue weighted by Crippen LogP contribution is -2.22. The number of carbonyl (C=O) groups is 2. The summed E-state index contributed by atoms with van der Waals surface area (Å²) < 4.78 is 31.3. The Labute approximate surface area is 141 Å². The van der Waals surface area contributed by atoms with E-state index in [-0.39, 0.29) is 5.69 Å². The standard InChI is InChI=1S/C16H13ClF2N2O3/c1-24-14-5-2-9(17)6-13(14)21-16(23)8-15(22)20-12-4-3-10(18)7-11(12)19/h2-7H,8H2,1H3,(H,20,22)(H,21,23). The van der Waals surface area contributed by atoms with Crippen molar-refractivity contribution in [1.29, 1.82) is 0 Å². The summed E-state index contributed by atoms with van der Waals surface area (Å²) in [4.78, 5) is 23.7. The summed E-state index contributed by atoms with van der Waals surface area (Å²) in [6.07, 6.45) is -0.563. The summed E-state index contributed by atoms with van der Waals surface area (Å²) in [6, 6.07) is 7.31. The summed E-state index contributed by atoms with van der Waals surface area (Å²) in [7, 11) is 1.42. The largest absolute Gasteiger partial charge is 0.495 e. The van der Waals surface area contributed by atoms with E-state index in [4.69, 9.17) is 16.3 Å². The van der Waals surface area contributed by atoms with Gasteiger partial charge in [-0.2, -0.15) is 0 Å². The van der Waals surface area contributed by atoms with Gasteiger partial charge in [0.2, 0.25) is 11.8 Å². The minimum absolute atomic E-state index is 0.213. The number of methoxy groups -OCH3 is 1. The first-order valence-corrected chi connectivity index (χ1v) is 7.15. The first kappa shape index (κ1) is 17.7. The topological polar surface area (TPSA) is 67.4 Å².